The van der Waals surface area contributed by atoms with Crippen molar-refractivity contribution >= 4 is 17.1 Å². The van der Waals surface area contributed by atoms with E-state index in [9.17, 15) is 10.1 Å². The molecular weight excluding hydrogens is 242 g/mol. The Labute approximate surface area is 113 Å². The fraction of sp³-hybridized carbons (Fsp3) is 0.571. The van der Waals surface area contributed by atoms with Crippen LogP contribution >= 0.6 is 0 Å². The molecule has 1 aromatic carbocycles. The Kier molecular flexibility index (Phi) is 4.24. The molecule has 1 atom stereocenters. The van der Waals surface area contributed by atoms with Crippen LogP contribution in [-0.2, 0) is 0 Å². The van der Waals surface area contributed by atoms with Crippen molar-refractivity contribution in [3.8, 4) is 0 Å². The van der Waals surface area contributed by atoms with Gasteiger partial charge in [0.15, 0.2) is 0 Å². The summed E-state index contributed by atoms with van der Waals surface area (Å²) in [5, 5.41) is 14.5. The maximum Gasteiger partial charge on any atom is 0.315 e. The van der Waals surface area contributed by atoms with Gasteiger partial charge < -0.3 is 10.2 Å². The minimum absolute atomic E-state index is 0.207. The molecule has 0 bridgehead atoms. The first-order valence-corrected chi connectivity index (χ1v) is 6.89. The number of hydrogen-bond acceptors (Lipinski definition) is 4. The highest BCUT2D eigenvalue weighted by molar-refractivity contribution is 5.77. The van der Waals surface area contributed by atoms with E-state index >= 15 is 0 Å². The zero-order valence-electron chi connectivity index (χ0n) is 11.6. The molecule has 0 aliphatic carbocycles. The first kappa shape index (κ1) is 13.6. The normalized spacial score (nSPS) is 19.3. The number of nitro groups is 1. The van der Waals surface area contributed by atoms with Gasteiger partial charge in [-0.2, -0.15) is 0 Å². The van der Waals surface area contributed by atoms with Crippen molar-refractivity contribution in [1.82, 2.24) is 0 Å². The lowest BCUT2D eigenvalue weighted by Crippen LogP contribution is -2.34. The highest BCUT2D eigenvalue weighted by atomic mass is 16.6. The summed E-state index contributed by atoms with van der Waals surface area (Å²) in [6.45, 7) is 6.63. The standard InChI is InChI=1S/C14H21N3O2/c1-3-15-12-7-4-8-13(14(12)17(18)19)16-9-5-6-11(2)10-16/h4,7-8,11,15H,3,5-6,9-10H2,1-2H3. The summed E-state index contributed by atoms with van der Waals surface area (Å²) in [6, 6.07) is 5.52. The number of rotatable bonds is 4. The highest BCUT2D eigenvalue weighted by Gasteiger charge is 2.26. The molecule has 1 N–H and O–H groups in total. The SMILES string of the molecule is CCNc1cccc(N2CCCC(C)C2)c1[N+](=O)[O-]. The molecule has 0 radical (unpaired) electrons. The van der Waals surface area contributed by atoms with E-state index < -0.39 is 0 Å². The fourth-order valence-corrected chi connectivity index (χ4v) is 2.72. The molecule has 1 saturated heterocycles. The Balaban J connectivity index is 2.38. The molecule has 1 heterocycles. The van der Waals surface area contributed by atoms with Crippen LogP contribution in [0.4, 0.5) is 17.1 Å². The smallest absolute Gasteiger partial charge is 0.315 e. The number of para-hydroxylation sites is 1. The second-order valence-corrected chi connectivity index (χ2v) is 5.15. The summed E-state index contributed by atoms with van der Waals surface area (Å²) in [5.41, 5.74) is 1.57. The third-order valence-electron chi connectivity index (χ3n) is 3.56. The molecule has 2 rings (SSSR count). The number of nitro benzene ring substituents is 1. The summed E-state index contributed by atoms with van der Waals surface area (Å²) in [6.07, 6.45) is 2.31. The van der Waals surface area contributed by atoms with Gasteiger partial charge in [-0.15, -0.1) is 0 Å². The number of piperidine rings is 1. The zero-order valence-corrected chi connectivity index (χ0v) is 11.6. The Morgan fingerprint density at radius 1 is 1.53 bits per heavy atom. The Bertz CT molecular complexity index is 462. The quantitative estimate of drug-likeness (QED) is 0.669. The summed E-state index contributed by atoms with van der Waals surface area (Å²) in [5.74, 6) is 0.594. The summed E-state index contributed by atoms with van der Waals surface area (Å²) in [7, 11) is 0. The average Bonchev–Trinajstić information content (AvgIpc) is 2.38. The van der Waals surface area contributed by atoms with E-state index in [0.29, 0.717) is 18.2 Å². The molecule has 104 valence electrons. The van der Waals surface area contributed by atoms with E-state index in [4.69, 9.17) is 0 Å². The number of benzene rings is 1. The van der Waals surface area contributed by atoms with Gasteiger partial charge in [-0.05, 0) is 37.8 Å². The summed E-state index contributed by atoms with van der Waals surface area (Å²) in [4.78, 5) is 13.3. The van der Waals surface area contributed by atoms with Gasteiger partial charge in [-0.1, -0.05) is 13.0 Å². The average molecular weight is 263 g/mol. The van der Waals surface area contributed by atoms with Crippen LogP contribution in [0.1, 0.15) is 26.7 Å². The molecule has 0 saturated carbocycles. The zero-order chi connectivity index (χ0) is 13.8. The molecule has 1 fully saturated rings. The fourth-order valence-electron chi connectivity index (χ4n) is 2.72. The van der Waals surface area contributed by atoms with Gasteiger partial charge in [0.1, 0.15) is 11.4 Å². The van der Waals surface area contributed by atoms with Gasteiger partial charge in [-0.3, -0.25) is 10.1 Å². The first-order valence-electron chi connectivity index (χ1n) is 6.89. The number of nitrogens with one attached hydrogen (secondary N) is 1. The lowest BCUT2D eigenvalue weighted by molar-refractivity contribution is -0.383. The molecule has 0 spiro atoms. The summed E-state index contributed by atoms with van der Waals surface area (Å²) < 4.78 is 0. The summed E-state index contributed by atoms with van der Waals surface area (Å²) >= 11 is 0. The molecule has 19 heavy (non-hydrogen) atoms. The minimum atomic E-state index is -0.271. The molecule has 1 aliphatic heterocycles. The van der Waals surface area contributed by atoms with Crippen LogP contribution < -0.4 is 10.2 Å². The molecule has 5 heteroatoms. The van der Waals surface area contributed by atoms with Crippen LogP contribution in [-0.4, -0.2) is 24.6 Å². The number of anilines is 2. The maximum absolute atomic E-state index is 11.4. The van der Waals surface area contributed by atoms with Gasteiger partial charge in [0, 0.05) is 19.6 Å². The molecule has 1 unspecified atom stereocenters. The van der Waals surface area contributed by atoms with Crippen molar-refractivity contribution in [1.29, 1.82) is 0 Å². The Hall–Kier alpha value is -1.78. The van der Waals surface area contributed by atoms with Crippen LogP contribution in [0.25, 0.3) is 0 Å². The minimum Gasteiger partial charge on any atom is -0.380 e. The van der Waals surface area contributed by atoms with Gasteiger partial charge in [0.2, 0.25) is 0 Å². The Morgan fingerprint density at radius 3 is 2.95 bits per heavy atom. The second kappa shape index (κ2) is 5.91. The molecule has 0 amide bonds. The van der Waals surface area contributed by atoms with Gasteiger partial charge in [0.05, 0.1) is 4.92 Å². The van der Waals surface area contributed by atoms with Crippen LogP contribution in [0.3, 0.4) is 0 Å². The second-order valence-electron chi connectivity index (χ2n) is 5.15. The predicted octanol–water partition coefficient (Wildman–Crippen LogP) is 3.26. The molecule has 0 aromatic heterocycles. The topological polar surface area (TPSA) is 58.4 Å². The van der Waals surface area contributed by atoms with Crippen molar-refractivity contribution in [3.63, 3.8) is 0 Å². The van der Waals surface area contributed by atoms with Crippen LogP contribution in [0, 0.1) is 16.0 Å². The van der Waals surface area contributed by atoms with Crippen LogP contribution in [0.5, 0.6) is 0 Å². The van der Waals surface area contributed by atoms with E-state index in [0.717, 1.165) is 25.2 Å². The van der Waals surface area contributed by atoms with Crippen molar-refractivity contribution in [2.24, 2.45) is 5.92 Å². The van der Waals surface area contributed by atoms with Crippen molar-refractivity contribution in [2.75, 3.05) is 29.9 Å². The van der Waals surface area contributed by atoms with Crippen molar-refractivity contribution in [3.05, 3.63) is 28.3 Å². The number of nitrogens with zero attached hydrogens (tertiary/aromatic N) is 2. The van der Waals surface area contributed by atoms with Gasteiger partial charge in [0.25, 0.3) is 0 Å². The van der Waals surface area contributed by atoms with Crippen molar-refractivity contribution < 1.29 is 4.92 Å². The molecule has 1 aromatic rings. The predicted molar refractivity (Wildman–Crippen MR) is 77.9 cm³/mol. The first-order chi connectivity index (χ1) is 9.13. The van der Waals surface area contributed by atoms with Crippen LogP contribution in [0.2, 0.25) is 0 Å². The highest BCUT2D eigenvalue weighted by Crippen LogP contribution is 2.37. The monoisotopic (exact) mass is 263 g/mol. The lowest BCUT2D eigenvalue weighted by atomic mass is 9.99. The molecule has 5 nitrogen and oxygen atoms in total. The molecule has 1 aliphatic rings. The van der Waals surface area contributed by atoms with Gasteiger partial charge >= 0.3 is 5.69 Å². The lowest BCUT2D eigenvalue weighted by Gasteiger charge is -2.32. The van der Waals surface area contributed by atoms with E-state index in [-0.39, 0.29) is 10.6 Å². The van der Waals surface area contributed by atoms with E-state index in [2.05, 4.69) is 17.1 Å². The Morgan fingerprint density at radius 2 is 2.32 bits per heavy atom. The molecular formula is C14H21N3O2. The van der Waals surface area contributed by atoms with Crippen LogP contribution in [0.15, 0.2) is 18.2 Å². The number of hydrogen-bond donors (Lipinski definition) is 1. The van der Waals surface area contributed by atoms with E-state index in [1.54, 1.807) is 6.07 Å². The van der Waals surface area contributed by atoms with Crippen molar-refractivity contribution in [2.45, 2.75) is 26.7 Å². The largest absolute Gasteiger partial charge is 0.380 e. The third kappa shape index (κ3) is 2.97. The van der Waals surface area contributed by atoms with Gasteiger partial charge in [-0.25, -0.2) is 0 Å². The van der Waals surface area contributed by atoms with E-state index in [1.165, 1.54) is 6.42 Å². The maximum atomic E-state index is 11.4. The van der Waals surface area contributed by atoms with E-state index in [1.807, 2.05) is 19.1 Å². The third-order valence-corrected chi connectivity index (χ3v) is 3.56.